The fraction of sp³-hybridized carbons (Fsp3) is 0.567. The minimum atomic E-state index is -0.590. The Kier molecular flexibility index (Phi) is 9.21. The van der Waals surface area contributed by atoms with Gasteiger partial charge >= 0.3 is 0 Å². The predicted molar refractivity (Wildman–Crippen MR) is 146 cm³/mol. The second-order valence-corrected chi connectivity index (χ2v) is 11.2. The summed E-state index contributed by atoms with van der Waals surface area (Å²) in [5.41, 5.74) is 7.58. The zero-order chi connectivity index (χ0) is 27.2. The minimum Gasteiger partial charge on any atom is -0.377 e. The van der Waals surface area contributed by atoms with Crippen LogP contribution >= 0.6 is 0 Å². The first-order chi connectivity index (χ1) is 19.0. The van der Waals surface area contributed by atoms with Crippen LogP contribution in [0.25, 0.3) is 0 Å². The number of carbonyl (C=O) groups is 2. The predicted octanol–water partition coefficient (Wildman–Crippen LogP) is 3.26. The van der Waals surface area contributed by atoms with Gasteiger partial charge in [0.2, 0.25) is 5.91 Å². The molecule has 39 heavy (non-hydrogen) atoms. The van der Waals surface area contributed by atoms with Crippen LogP contribution in [0.15, 0.2) is 48.8 Å². The van der Waals surface area contributed by atoms with Crippen molar-refractivity contribution in [3.05, 3.63) is 65.7 Å². The zero-order valence-corrected chi connectivity index (χ0v) is 22.5. The van der Waals surface area contributed by atoms with Gasteiger partial charge in [-0.3, -0.25) is 19.5 Å². The van der Waals surface area contributed by atoms with Crippen molar-refractivity contribution in [3.8, 4) is 0 Å². The number of carbonyl (C=O) groups excluding carboxylic acids is 2. The summed E-state index contributed by atoms with van der Waals surface area (Å²) in [4.78, 5) is 35.5. The average Bonchev–Trinajstić information content (AvgIpc) is 3.48. The summed E-state index contributed by atoms with van der Waals surface area (Å²) in [6, 6.07) is 9.85. The molecule has 1 aromatic carbocycles. The number of ether oxygens (including phenoxy) is 1. The molecule has 1 aliphatic carbocycles. The quantitative estimate of drug-likeness (QED) is 0.536. The van der Waals surface area contributed by atoms with Crippen LogP contribution < -0.4 is 11.1 Å². The van der Waals surface area contributed by atoms with Crippen molar-refractivity contribution in [1.29, 1.82) is 0 Å². The van der Waals surface area contributed by atoms with Crippen molar-refractivity contribution < 1.29 is 18.7 Å². The van der Waals surface area contributed by atoms with Gasteiger partial charge in [-0.1, -0.05) is 12.1 Å². The molecule has 2 aliphatic heterocycles. The molecule has 8 nitrogen and oxygen atoms in total. The molecule has 0 bridgehead atoms. The van der Waals surface area contributed by atoms with E-state index in [1.807, 2.05) is 12.1 Å². The van der Waals surface area contributed by atoms with Gasteiger partial charge in [0.1, 0.15) is 11.9 Å². The van der Waals surface area contributed by atoms with E-state index in [1.165, 1.54) is 12.1 Å². The number of piperidine rings is 1. The topological polar surface area (TPSA) is 101 Å². The fourth-order valence-corrected chi connectivity index (χ4v) is 6.20. The number of aromatic nitrogens is 1. The molecule has 3 aliphatic rings. The largest absolute Gasteiger partial charge is 0.377 e. The Hall–Kier alpha value is -2.88. The highest BCUT2D eigenvalue weighted by molar-refractivity contribution is 5.97. The van der Waals surface area contributed by atoms with Crippen LogP contribution in [0.2, 0.25) is 0 Å². The van der Waals surface area contributed by atoms with E-state index in [1.54, 1.807) is 29.4 Å². The summed E-state index contributed by atoms with van der Waals surface area (Å²) in [6.45, 7) is 2.62. The normalized spacial score (nSPS) is 27.5. The van der Waals surface area contributed by atoms with Crippen LogP contribution in [0, 0.1) is 5.82 Å². The van der Waals surface area contributed by atoms with E-state index < -0.39 is 6.04 Å². The molecular weight excluding hydrogens is 497 g/mol. The number of nitrogens with one attached hydrogen (secondary N) is 1. The molecule has 5 rings (SSSR count). The Labute approximate surface area is 230 Å². The number of nitrogens with two attached hydrogens (primary N) is 1. The van der Waals surface area contributed by atoms with Crippen molar-refractivity contribution in [2.24, 2.45) is 5.73 Å². The summed E-state index contributed by atoms with van der Waals surface area (Å²) < 4.78 is 19.6. The third kappa shape index (κ3) is 7.21. The monoisotopic (exact) mass is 537 g/mol. The van der Waals surface area contributed by atoms with Crippen molar-refractivity contribution >= 4 is 11.8 Å². The third-order valence-corrected chi connectivity index (χ3v) is 8.44. The molecule has 9 heteroatoms. The number of rotatable bonds is 8. The molecular formula is C30H40FN5O3. The first-order valence-corrected chi connectivity index (χ1v) is 14.3. The van der Waals surface area contributed by atoms with E-state index in [4.69, 9.17) is 10.5 Å². The van der Waals surface area contributed by atoms with Crippen LogP contribution in [-0.2, 0) is 16.1 Å². The summed E-state index contributed by atoms with van der Waals surface area (Å²) in [5.74, 6) is -0.528. The lowest BCUT2D eigenvalue weighted by Gasteiger charge is -2.44. The molecule has 2 unspecified atom stereocenters. The van der Waals surface area contributed by atoms with E-state index in [0.29, 0.717) is 25.1 Å². The lowest BCUT2D eigenvalue weighted by molar-refractivity contribution is -0.128. The van der Waals surface area contributed by atoms with E-state index in [0.717, 1.165) is 63.7 Å². The van der Waals surface area contributed by atoms with Crippen LogP contribution in [0.5, 0.6) is 0 Å². The molecule has 3 N–H and O–H groups in total. The molecule has 3 heterocycles. The van der Waals surface area contributed by atoms with Gasteiger partial charge in [-0.15, -0.1) is 0 Å². The number of likely N-dealkylation sites (tertiary alicyclic amines) is 1. The van der Waals surface area contributed by atoms with Crippen LogP contribution in [0.4, 0.5) is 4.39 Å². The van der Waals surface area contributed by atoms with E-state index in [-0.39, 0.29) is 41.9 Å². The second kappa shape index (κ2) is 13.0. The first-order valence-electron chi connectivity index (χ1n) is 14.3. The van der Waals surface area contributed by atoms with Crippen LogP contribution in [-0.4, -0.2) is 76.6 Å². The molecule has 0 radical (unpaired) electrons. The lowest BCUT2D eigenvalue weighted by Crippen LogP contribution is -2.59. The van der Waals surface area contributed by atoms with Crippen LogP contribution in [0.1, 0.15) is 67.3 Å². The zero-order valence-electron chi connectivity index (χ0n) is 22.5. The van der Waals surface area contributed by atoms with E-state index in [2.05, 4.69) is 15.2 Å². The summed E-state index contributed by atoms with van der Waals surface area (Å²) in [7, 11) is 0. The van der Waals surface area contributed by atoms with Crippen LogP contribution in [0.3, 0.4) is 0 Å². The Balaban J connectivity index is 1.36. The smallest absolute Gasteiger partial charge is 0.256 e. The number of pyridine rings is 1. The second-order valence-electron chi connectivity index (χ2n) is 11.2. The third-order valence-electron chi connectivity index (χ3n) is 8.44. The molecule has 3 atom stereocenters. The molecule has 1 saturated carbocycles. The average molecular weight is 538 g/mol. The van der Waals surface area contributed by atoms with E-state index >= 15 is 0 Å². The number of amides is 2. The molecule has 1 aromatic heterocycles. The standard InChI is InChI=1S/C30H40FN5O3/c31-23-7-5-21(6-8-23)19-35(20-27-4-2-16-39-27)26-13-15-36(30(38)22-3-1-14-33-18-22)28(17-26)29(37)34-25-11-9-24(32)10-12-25/h1,3,5-8,14,18,24-28H,2,4,9-13,15-17,19-20,32H2,(H,34,37)/t24?,25?,26?,27?,28-/m1/s1. The minimum absolute atomic E-state index is 0.0766. The molecule has 3 fully saturated rings. The maximum Gasteiger partial charge on any atom is 0.256 e. The number of nitrogens with zero attached hydrogens (tertiary/aromatic N) is 3. The highest BCUT2D eigenvalue weighted by Crippen LogP contribution is 2.28. The Morgan fingerprint density at radius 1 is 1.10 bits per heavy atom. The molecule has 210 valence electrons. The molecule has 2 saturated heterocycles. The van der Waals surface area contributed by atoms with E-state index in [9.17, 15) is 14.0 Å². The lowest BCUT2D eigenvalue weighted by atomic mass is 9.90. The van der Waals surface area contributed by atoms with Gasteiger partial charge in [-0.25, -0.2) is 4.39 Å². The number of hydrogen-bond donors (Lipinski definition) is 2. The Bertz CT molecular complexity index is 1090. The molecule has 2 amide bonds. The van der Waals surface area contributed by atoms with Gasteiger partial charge in [0.25, 0.3) is 5.91 Å². The van der Waals surface area contributed by atoms with Crippen molar-refractivity contribution in [2.75, 3.05) is 19.7 Å². The molecule has 0 spiro atoms. The van der Waals surface area contributed by atoms with Gasteiger partial charge in [0.05, 0.1) is 11.7 Å². The summed E-state index contributed by atoms with van der Waals surface area (Å²) >= 11 is 0. The molecule has 2 aromatic rings. The maximum atomic E-state index is 13.8. The maximum absolute atomic E-state index is 13.8. The Morgan fingerprint density at radius 2 is 1.90 bits per heavy atom. The fourth-order valence-electron chi connectivity index (χ4n) is 6.20. The first kappa shape index (κ1) is 27.7. The summed E-state index contributed by atoms with van der Waals surface area (Å²) in [6.07, 6.45) is 10.1. The van der Waals surface area contributed by atoms with Gasteiger partial charge in [0, 0.05) is 56.8 Å². The number of benzene rings is 1. The van der Waals surface area contributed by atoms with Gasteiger partial charge in [0.15, 0.2) is 0 Å². The number of halogens is 1. The highest BCUT2D eigenvalue weighted by atomic mass is 19.1. The summed E-state index contributed by atoms with van der Waals surface area (Å²) in [5, 5.41) is 3.25. The van der Waals surface area contributed by atoms with Crippen molar-refractivity contribution in [1.82, 2.24) is 20.1 Å². The van der Waals surface area contributed by atoms with Crippen molar-refractivity contribution in [2.45, 2.75) is 88.2 Å². The van der Waals surface area contributed by atoms with Crippen molar-refractivity contribution in [3.63, 3.8) is 0 Å². The van der Waals surface area contributed by atoms with Gasteiger partial charge in [-0.05, 0) is 81.2 Å². The highest BCUT2D eigenvalue weighted by Gasteiger charge is 2.40. The Morgan fingerprint density at radius 3 is 2.59 bits per heavy atom. The number of hydrogen-bond acceptors (Lipinski definition) is 6. The van der Waals surface area contributed by atoms with Gasteiger partial charge < -0.3 is 20.7 Å². The SMILES string of the molecule is NC1CCC(NC(=O)[C@H]2CC(N(Cc3ccc(F)cc3)CC3CCCO3)CCN2C(=O)c2cccnc2)CC1. The van der Waals surface area contributed by atoms with Gasteiger partial charge in [-0.2, -0.15) is 0 Å².